The van der Waals surface area contributed by atoms with Crippen molar-refractivity contribution in [3.05, 3.63) is 23.8 Å². The summed E-state index contributed by atoms with van der Waals surface area (Å²) in [5, 5.41) is 0. The highest BCUT2D eigenvalue weighted by atomic mass is 16.7. The van der Waals surface area contributed by atoms with Gasteiger partial charge in [0.05, 0.1) is 0 Å². The summed E-state index contributed by atoms with van der Waals surface area (Å²) in [6.45, 7) is 14.8. The van der Waals surface area contributed by atoms with E-state index in [1.165, 1.54) is 12.1 Å². The van der Waals surface area contributed by atoms with Crippen LogP contribution in [-0.2, 0) is 35.0 Å². The van der Waals surface area contributed by atoms with E-state index >= 15 is 0 Å². The number of benzene rings is 1. The highest BCUT2D eigenvalue weighted by Crippen LogP contribution is 2.30. The third-order valence-electron chi connectivity index (χ3n) is 6.03. The molecule has 0 heterocycles. The molecule has 0 bridgehead atoms. The van der Waals surface area contributed by atoms with Gasteiger partial charge in [-0.3, -0.25) is 14.4 Å². The Labute approximate surface area is 238 Å². The van der Waals surface area contributed by atoms with Crippen LogP contribution in [0.1, 0.15) is 93.1 Å². The van der Waals surface area contributed by atoms with E-state index in [1.54, 1.807) is 26.8 Å². The Kier molecular flexibility index (Phi) is 14.7. The van der Waals surface area contributed by atoms with Crippen LogP contribution < -0.4 is 15.2 Å². The van der Waals surface area contributed by atoms with E-state index in [-0.39, 0.29) is 37.4 Å². The molecule has 10 nitrogen and oxygen atoms in total. The fraction of sp³-hybridized carbons (Fsp3) is 0.667. The Hall–Kier alpha value is -3.14. The Balaban J connectivity index is 2.84. The third kappa shape index (κ3) is 14.3. The van der Waals surface area contributed by atoms with E-state index < -0.39 is 41.8 Å². The molecule has 1 aromatic carbocycles. The van der Waals surface area contributed by atoms with Crippen LogP contribution in [0.3, 0.4) is 0 Å². The minimum atomic E-state index is -1.04. The molecule has 0 saturated heterocycles. The van der Waals surface area contributed by atoms with Crippen LogP contribution in [-0.4, -0.2) is 48.4 Å². The summed E-state index contributed by atoms with van der Waals surface area (Å²) in [6, 6.07) is 3.65. The van der Waals surface area contributed by atoms with E-state index in [0.717, 1.165) is 0 Å². The molecule has 226 valence electrons. The quantitative estimate of drug-likeness (QED) is 0.201. The second kappa shape index (κ2) is 16.8. The summed E-state index contributed by atoms with van der Waals surface area (Å²) in [5.74, 6) is -0.726. The van der Waals surface area contributed by atoms with Gasteiger partial charge in [-0.05, 0) is 76.0 Å². The summed E-state index contributed by atoms with van der Waals surface area (Å²) in [7, 11) is 0. The van der Waals surface area contributed by atoms with Crippen molar-refractivity contribution in [3.63, 3.8) is 0 Å². The Morgan fingerprint density at radius 1 is 0.875 bits per heavy atom. The standard InChI is InChI=1S/C30H47NO9/c1-9-30(7,8)40-29(35)36-18-21(6)37-28(34)23(31)16-22-12-13-24(38-26(32)14-10-19(2)3)25(17-22)39-27(33)15-11-20(4)5/h12-13,17,19-21,23H,9-11,14-16,18,31H2,1-8H3/t21-,23-/m0/s1. The molecule has 0 aliphatic carbocycles. The van der Waals surface area contributed by atoms with E-state index in [4.69, 9.17) is 29.4 Å². The van der Waals surface area contributed by atoms with E-state index in [9.17, 15) is 19.2 Å². The number of carbonyl (C=O) groups is 4. The van der Waals surface area contributed by atoms with Gasteiger partial charge in [-0.2, -0.15) is 0 Å². The van der Waals surface area contributed by atoms with Crippen molar-refractivity contribution in [1.29, 1.82) is 0 Å². The van der Waals surface area contributed by atoms with Gasteiger partial charge in [0.1, 0.15) is 24.4 Å². The number of carbonyl (C=O) groups excluding carboxylic acids is 4. The van der Waals surface area contributed by atoms with Gasteiger partial charge in [-0.25, -0.2) is 4.79 Å². The molecular weight excluding hydrogens is 518 g/mol. The highest BCUT2D eigenvalue weighted by Gasteiger charge is 2.24. The number of nitrogens with two attached hydrogens (primary N) is 1. The second-order valence-electron chi connectivity index (χ2n) is 11.4. The van der Waals surface area contributed by atoms with Crippen LogP contribution >= 0.6 is 0 Å². The molecular formula is C30H47NO9. The topological polar surface area (TPSA) is 140 Å². The summed E-state index contributed by atoms with van der Waals surface area (Å²) >= 11 is 0. The first-order valence-corrected chi connectivity index (χ1v) is 14.0. The SMILES string of the molecule is CCC(C)(C)OC(=O)OC[C@H](C)OC(=O)[C@@H](N)Cc1ccc(OC(=O)CCC(C)C)c(OC(=O)CCC(C)C)c1. The summed E-state index contributed by atoms with van der Waals surface area (Å²) < 4.78 is 26.6. The molecule has 0 saturated carbocycles. The summed E-state index contributed by atoms with van der Waals surface area (Å²) in [5.41, 5.74) is 5.99. The zero-order valence-corrected chi connectivity index (χ0v) is 25.2. The van der Waals surface area contributed by atoms with Crippen molar-refractivity contribution in [1.82, 2.24) is 0 Å². The van der Waals surface area contributed by atoms with Crippen molar-refractivity contribution in [2.24, 2.45) is 17.6 Å². The summed E-state index contributed by atoms with van der Waals surface area (Å²) in [6.07, 6.45) is 0.831. The monoisotopic (exact) mass is 565 g/mol. The van der Waals surface area contributed by atoms with Crippen LogP contribution in [0.2, 0.25) is 0 Å². The van der Waals surface area contributed by atoms with Crippen LogP contribution in [0, 0.1) is 11.8 Å². The molecule has 1 aromatic rings. The fourth-order valence-corrected chi connectivity index (χ4v) is 3.17. The predicted molar refractivity (Wildman–Crippen MR) is 150 cm³/mol. The minimum absolute atomic E-state index is 0.0667. The first-order valence-electron chi connectivity index (χ1n) is 14.0. The molecule has 0 amide bonds. The molecule has 0 aliphatic rings. The molecule has 0 aromatic heterocycles. The minimum Gasteiger partial charge on any atom is -0.458 e. The largest absolute Gasteiger partial charge is 0.508 e. The molecule has 0 spiro atoms. The second-order valence-corrected chi connectivity index (χ2v) is 11.4. The molecule has 40 heavy (non-hydrogen) atoms. The lowest BCUT2D eigenvalue weighted by Crippen LogP contribution is -2.37. The number of hydrogen-bond acceptors (Lipinski definition) is 10. The number of esters is 3. The van der Waals surface area contributed by atoms with Gasteiger partial charge in [0.15, 0.2) is 11.5 Å². The lowest BCUT2D eigenvalue weighted by atomic mass is 10.1. The lowest BCUT2D eigenvalue weighted by Gasteiger charge is -2.23. The number of rotatable bonds is 16. The first-order chi connectivity index (χ1) is 18.6. The average Bonchev–Trinajstić information content (AvgIpc) is 2.86. The van der Waals surface area contributed by atoms with Gasteiger partial charge in [0.25, 0.3) is 0 Å². The van der Waals surface area contributed by atoms with Crippen molar-refractivity contribution in [2.45, 2.75) is 112 Å². The normalized spacial score (nSPS) is 13.0. The fourth-order valence-electron chi connectivity index (χ4n) is 3.17. The zero-order valence-electron chi connectivity index (χ0n) is 25.2. The molecule has 1 rings (SSSR count). The molecule has 0 aliphatic heterocycles. The molecule has 2 N–H and O–H groups in total. The smallest absolute Gasteiger partial charge is 0.458 e. The van der Waals surface area contributed by atoms with Crippen molar-refractivity contribution in [2.75, 3.05) is 6.61 Å². The van der Waals surface area contributed by atoms with Crippen molar-refractivity contribution in [3.8, 4) is 11.5 Å². The van der Waals surface area contributed by atoms with E-state index in [2.05, 4.69) is 0 Å². The Morgan fingerprint density at radius 3 is 1.95 bits per heavy atom. The average molecular weight is 566 g/mol. The van der Waals surface area contributed by atoms with Crippen LogP contribution in [0.25, 0.3) is 0 Å². The highest BCUT2D eigenvalue weighted by molar-refractivity contribution is 5.77. The first kappa shape index (κ1) is 34.9. The van der Waals surface area contributed by atoms with Crippen LogP contribution in [0.15, 0.2) is 18.2 Å². The van der Waals surface area contributed by atoms with Crippen LogP contribution in [0.5, 0.6) is 11.5 Å². The zero-order chi connectivity index (χ0) is 30.5. The molecule has 10 heteroatoms. The molecule has 0 radical (unpaired) electrons. The number of hydrogen-bond donors (Lipinski definition) is 1. The van der Waals surface area contributed by atoms with Gasteiger partial charge in [0, 0.05) is 12.8 Å². The molecule has 2 atom stereocenters. The van der Waals surface area contributed by atoms with Gasteiger partial charge in [-0.1, -0.05) is 40.7 Å². The van der Waals surface area contributed by atoms with Gasteiger partial charge in [0.2, 0.25) is 0 Å². The molecule has 0 fully saturated rings. The Morgan fingerprint density at radius 2 is 1.43 bits per heavy atom. The molecule has 0 unspecified atom stereocenters. The maximum Gasteiger partial charge on any atom is 0.508 e. The third-order valence-corrected chi connectivity index (χ3v) is 6.03. The lowest BCUT2D eigenvalue weighted by molar-refractivity contribution is -0.152. The van der Waals surface area contributed by atoms with Gasteiger partial charge >= 0.3 is 24.1 Å². The maximum absolute atomic E-state index is 12.6. The van der Waals surface area contributed by atoms with E-state index in [0.29, 0.717) is 36.7 Å². The van der Waals surface area contributed by atoms with Crippen molar-refractivity contribution >= 4 is 24.1 Å². The van der Waals surface area contributed by atoms with Crippen LogP contribution in [0.4, 0.5) is 4.79 Å². The van der Waals surface area contributed by atoms with Gasteiger partial charge in [-0.15, -0.1) is 0 Å². The van der Waals surface area contributed by atoms with E-state index in [1.807, 2.05) is 34.6 Å². The van der Waals surface area contributed by atoms with Gasteiger partial charge < -0.3 is 29.4 Å². The predicted octanol–water partition coefficient (Wildman–Crippen LogP) is 5.51. The Bertz CT molecular complexity index is 987. The maximum atomic E-state index is 12.6. The summed E-state index contributed by atoms with van der Waals surface area (Å²) in [4.78, 5) is 49.2. The van der Waals surface area contributed by atoms with Crippen molar-refractivity contribution < 1.29 is 42.9 Å². The number of ether oxygens (including phenoxy) is 5.